The number of hydrogen-bond donors (Lipinski definition) is 0. The van der Waals surface area contributed by atoms with E-state index in [1.54, 1.807) is 0 Å². The van der Waals surface area contributed by atoms with Gasteiger partial charge < -0.3 is 4.42 Å². The van der Waals surface area contributed by atoms with Gasteiger partial charge in [-0.2, -0.15) is 0 Å². The van der Waals surface area contributed by atoms with Crippen molar-refractivity contribution < 1.29 is 4.42 Å². The summed E-state index contributed by atoms with van der Waals surface area (Å²) in [6.45, 7) is 9.50. The summed E-state index contributed by atoms with van der Waals surface area (Å²) in [5.41, 5.74) is 31.6. The molecule has 0 fully saturated rings. The van der Waals surface area contributed by atoms with Gasteiger partial charge in [0.15, 0.2) is 17.5 Å². The number of para-hydroxylation sites is 1. The highest BCUT2D eigenvalue weighted by Crippen LogP contribution is 2.59. The number of rotatable bonds is 9. The summed E-state index contributed by atoms with van der Waals surface area (Å²) < 4.78 is 6.46. The molecular weight excluding hydrogens is 1810 g/mol. The van der Waals surface area contributed by atoms with Crippen molar-refractivity contribution in [2.75, 3.05) is 0 Å². The van der Waals surface area contributed by atoms with Gasteiger partial charge in [-0.05, 0) is 234 Å². The van der Waals surface area contributed by atoms with Crippen LogP contribution in [-0.2, 0) is 10.8 Å². The highest BCUT2D eigenvalue weighted by molar-refractivity contribution is 6.35. The van der Waals surface area contributed by atoms with E-state index < -0.39 is 0 Å². The Balaban J connectivity index is 0.000000105. The van der Waals surface area contributed by atoms with Gasteiger partial charge in [0.1, 0.15) is 11.2 Å². The van der Waals surface area contributed by atoms with E-state index in [4.69, 9.17) is 39.3 Å². The van der Waals surface area contributed by atoms with Crippen molar-refractivity contribution in [2.45, 2.75) is 38.5 Å². The number of hydrogen-bond acceptors (Lipinski definition) is 8. The molecule has 0 unspecified atom stereocenters. The Labute approximate surface area is 859 Å². The van der Waals surface area contributed by atoms with E-state index in [2.05, 4.69) is 446 Å². The van der Waals surface area contributed by atoms with Crippen LogP contribution in [0.1, 0.15) is 49.9 Å². The SMILES string of the molecule is CC1(C)c2ccccc2-c2c1c1ccc3cc(-c4nc(-c5ccccc5)nc(-c5ccc6c(ccc7ccccc76)c5)n4)ccc3c1c1ccccc21.CC1(C)c2ccccc2-c2c1c1ccccc1c1c2ccc2cc(-c3ccc4nc(-c5ccccc5)c(-c5ccccc5)nc4c3)ccc21.c1ccc(-c2nc3ccc(-c4ccc5c(ccc6c5c5ccccc5c5oc7ccccc7c65)c4)cc3nc2-c2ccccc2)cc1. The lowest BCUT2D eigenvalue weighted by Crippen LogP contribution is -2.15. The largest absolute Gasteiger partial charge is 0.455 e. The zero-order valence-electron chi connectivity index (χ0n) is 82.1. The molecule has 31 rings (SSSR count). The third-order valence-corrected chi connectivity index (χ3v) is 31.4. The maximum absolute atomic E-state index is 6.46. The molecule has 2 aliphatic carbocycles. The lowest BCUT2D eigenvalue weighted by molar-refractivity contribution is 0.666. The Kier molecular flexibility index (Phi) is 19.9. The van der Waals surface area contributed by atoms with Gasteiger partial charge in [-0.1, -0.05) is 452 Å². The van der Waals surface area contributed by atoms with Crippen LogP contribution in [0.5, 0.6) is 0 Å². The molecule has 149 heavy (non-hydrogen) atoms. The monoisotopic (exact) mass is 1900 g/mol. The van der Waals surface area contributed by atoms with Gasteiger partial charge in [-0.15, -0.1) is 0 Å². The van der Waals surface area contributed by atoms with Crippen molar-refractivity contribution in [2.24, 2.45) is 0 Å². The average molecular weight is 1900 g/mol. The van der Waals surface area contributed by atoms with Crippen molar-refractivity contribution in [1.82, 2.24) is 34.9 Å². The van der Waals surface area contributed by atoms with Crippen LogP contribution in [0.2, 0.25) is 0 Å². The minimum absolute atomic E-state index is 0.0697. The Bertz CT molecular complexity index is 10700. The summed E-state index contributed by atoms with van der Waals surface area (Å²) in [4.78, 5) is 36.1. The molecule has 4 heterocycles. The quantitative estimate of drug-likeness (QED) is 0.132. The van der Waals surface area contributed by atoms with Gasteiger partial charge in [0.2, 0.25) is 0 Å². The highest BCUT2D eigenvalue weighted by atomic mass is 16.3. The molecule has 0 bridgehead atoms. The summed E-state index contributed by atoms with van der Waals surface area (Å²) in [7, 11) is 0. The zero-order chi connectivity index (χ0) is 98.8. The molecule has 4 aromatic heterocycles. The first kappa shape index (κ1) is 86.5. The molecule has 8 nitrogen and oxygen atoms in total. The molecule has 29 aromatic rings. The fourth-order valence-electron chi connectivity index (χ4n) is 24.5. The van der Waals surface area contributed by atoms with Crippen LogP contribution in [0.4, 0.5) is 0 Å². The molecule has 8 heteroatoms. The van der Waals surface area contributed by atoms with Gasteiger partial charge in [-0.3, -0.25) is 0 Å². The molecule has 0 saturated heterocycles. The van der Waals surface area contributed by atoms with E-state index in [1.807, 2.05) is 60.7 Å². The first-order valence-electron chi connectivity index (χ1n) is 51.2. The molecule has 0 saturated carbocycles. The first-order chi connectivity index (χ1) is 73.4. The second-order valence-electron chi connectivity index (χ2n) is 40.7. The molecule has 0 amide bonds. The van der Waals surface area contributed by atoms with Gasteiger partial charge >= 0.3 is 0 Å². The lowest BCUT2D eigenvalue weighted by atomic mass is 9.78. The van der Waals surface area contributed by atoms with Crippen LogP contribution in [-0.4, -0.2) is 34.9 Å². The summed E-state index contributed by atoms with van der Waals surface area (Å²) in [5.74, 6) is 1.97. The Morgan fingerprint density at radius 3 is 1.00 bits per heavy atom. The van der Waals surface area contributed by atoms with E-state index in [1.165, 1.54) is 158 Å². The van der Waals surface area contributed by atoms with E-state index in [0.29, 0.717) is 17.5 Å². The van der Waals surface area contributed by atoms with Crippen LogP contribution in [0.3, 0.4) is 0 Å². The van der Waals surface area contributed by atoms with Crippen LogP contribution in [0.25, 0.3) is 286 Å². The summed E-state index contributed by atoms with van der Waals surface area (Å²) in [6, 6.07) is 171. The van der Waals surface area contributed by atoms with Crippen molar-refractivity contribution in [3.8, 4) is 124 Å². The molecular formula is C141H91N7O. The second kappa shape index (κ2) is 34.3. The molecule has 25 aromatic carbocycles. The standard InChI is InChI=1S/C50H33N3.C47H32N2.C44H26N2O/c1-50(2)43-19-11-10-18-41(43)45-40-17-9-8-16-39(40)44-38-26-24-35(29-33(38)22-27-42(44)46(45)50)49-52-47(31-13-4-3-5-14-31)51-48(53-49)34-23-25-37-32(28-34)21-20-30-12-6-7-15-36(30)37;1-47(2)39-20-12-11-19-37(39)43-38-25-22-33-27-31(21-24-34(33)42(38)35-17-9-10-18-36(35)44(43)47)32-23-26-40-41(28-32)49-46(30-15-7-4-8-16-30)45(48-40)29-13-5-3-6-14-29;1-3-11-27(12-4-1)42-43(28-13-5-2-6-14-28)46-38-26-30(21-24-37(38)45-42)29-19-22-32-31(25-29)20-23-36-40(32)33-15-7-8-16-34(33)44-41(36)35-17-9-10-18-39(35)47-44/h3-29H,1-2H3;3-28H,1-2H3;1-26H. The molecule has 2 aliphatic rings. The van der Waals surface area contributed by atoms with E-state index in [0.717, 1.165) is 133 Å². The number of aromatic nitrogens is 7. The molecule has 0 N–H and O–H groups in total. The average Bonchev–Trinajstić information content (AvgIpc) is 1.55. The summed E-state index contributed by atoms with van der Waals surface area (Å²) >= 11 is 0. The number of fused-ring (bicyclic) bond motifs is 35. The van der Waals surface area contributed by atoms with E-state index in [-0.39, 0.29) is 10.8 Å². The normalized spacial score (nSPS) is 12.8. The third-order valence-electron chi connectivity index (χ3n) is 31.4. The van der Waals surface area contributed by atoms with Crippen LogP contribution >= 0.6 is 0 Å². The Morgan fingerprint density at radius 2 is 0.483 bits per heavy atom. The minimum Gasteiger partial charge on any atom is -0.455 e. The van der Waals surface area contributed by atoms with E-state index >= 15 is 0 Å². The number of benzene rings is 25. The van der Waals surface area contributed by atoms with Gasteiger partial charge in [0.25, 0.3) is 0 Å². The Hall–Kier alpha value is -19.2. The zero-order valence-corrected chi connectivity index (χ0v) is 82.1. The fourth-order valence-corrected chi connectivity index (χ4v) is 24.5. The predicted molar refractivity (Wildman–Crippen MR) is 623 cm³/mol. The highest BCUT2D eigenvalue weighted by Gasteiger charge is 2.41. The van der Waals surface area contributed by atoms with Gasteiger partial charge in [-0.25, -0.2) is 34.9 Å². The Morgan fingerprint density at radius 1 is 0.174 bits per heavy atom. The van der Waals surface area contributed by atoms with Crippen molar-refractivity contribution >= 4 is 163 Å². The first-order valence-corrected chi connectivity index (χ1v) is 51.2. The van der Waals surface area contributed by atoms with E-state index in [9.17, 15) is 0 Å². The minimum atomic E-state index is -0.118. The van der Waals surface area contributed by atoms with Crippen molar-refractivity contribution in [3.05, 3.63) is 501 Å². The summed E-state index contributed by atoms with van der Waals surface area (Å²) in [5, 5.41) is 29.9. The molecule has 0 aliphatic heterocycles. The maximum Gasteiger partial charge on any atom is 0.164 e. The molecule has 696 valence electrons. The van der Waals surface area contributed by atoms with Crippen LogP contribution < -0.4 is 0 Å². The summed E-state index contributed by atoms with van der Waals surface area (Å²) in [6.07, 6.45) is 0. The lowest BCUT2D eigenvalue weighted by Gasteiger charge is -2.24. The molecule has 0 radical (unpaired) electrons. The molecule has 0 atom stereocenters. The predicted octanol–water partition coefficient (Wildman–Crippen LogP) is 37.3. The van der Waals surface area contributed by atoms with Crippen molar-refractivity contribution in [3.63, 3.8) is 0 Å². The van der Waals surface area contributed by atoms with Crippen molar-refractivity contribution in [1.29, 1.82) is 0 Å². The topological polar surface area (TPSA) is 103 Å². The fraction of sp³-hybridized carbons (Fsp3) is 0.0426. The second-order valence-corrected chi connectivity index (χ2v) is 40.7. The smallest absolute Gasteiger partial charge is 0.164 e. The van der Waals surface area contributed by atoms with Gasteiger partial charge in [0, 0.05) is 65.9 Å². The maximum atomic E-state index is 6.46. The molecule has 0 spiro atoms. The number of nitrogens with zero attached hydrogens (tertiary/aromatic N) is 7. The van der Waals surface area contributed by atoms with Gasteiger partial charge in [0.05, 0.1) is 44.8 Å². The third kappa shape index (κ3) is 14.1. The van der Waals surface area contributed by atoms with Crippen LogP contribution in [0.15, 0.2) is 484 Å². The number of furan rings is 1. The van der Waals surface area contributed by atoms with Crippen LogP contribution in [0, 0.1) is 0 Å².